The first kappa shape index (κ1) is 9.50. The Morgan fingerprint density at radius 3 is 2.69 bits per heavy atom. The molecule has 0 aromatic carbocycles. The Balaban J connectivity index is 2.30. The maximum atomic E-state index is 10.9. The van der Waals surface area contributed by atoms with Gasteiger partial charge in [-0.05, 0) is 6.42 Å². The molecule has 1 fully saturated rings. The predicted molar refractivity (Wildman–Crippen MR) is 39.5 cm³/mol. The Hall–Kier alpha value is -1.59. The Morgan fingerprint density at radius 1 is 1.54 bits per heavy atom. The van der Waals surface area contributed by atoms with E-state index in [1.165, 1.54) is 4.90 Å². The van der Waals surface area contributed by atoms with Crippen LogP contribution < -0.4 is 0 Å². The molecule has 0 bridgehead atoms. The number of hydrogen-bond donors (Lipinski definition) is 1. The number of esters is 1. The van der Waals surface area contributed by atoms with Gasteiger partial charge in [-0.2, -0.15) is 0 Å². The first-order valence-electron chi connectivity index (χ1n) is 3.79. The van der Waals surface area contributed by atoms with E-state index in [1.807, 2.05) is 0 Å². The summed E-state index contributed by atoms with van der Waals surface area (Å²) in [7, 11) is 0. The molecule has 0 aromatic rings. The van der Waals surface area contributed by atoms with Gasteiger partial charge < -0.3 is 14.7 Å². The standard InChI is InChI=1S/C7H9NO5/c9-5-2-1-3-8(5)4-13-7(12)6(10)11/h1-4H2,(H,10,11). The number of carboxylic acid groups (broad SMARTS) is 1. The van der Waals surface area contributed by atoms with Gasteiger partial charge in [0, 0.05) is 13.0 Å². The molecule has 1 rings (SSSR count). The summed E-state index contributed by atoms with van der Waals surface area (Å²) < 4.78 is 4.32. The van der Waals surface area contributed by atoms with Crippen LogP contribution in [0.4, 0.5) is 0 Å². The van der Waals surface area contributed by atoms with Crippen LogP contribution in [0.2, 0.25) is 0 Å². The third-order valence-electron chi connectivity index (χ3n) is 1.70. The highest BCUT2D eigenvalue weighted by Gasteiger charge is 2.22. The number of hydrogen-bond acceptors (Lipinski definition) is 4. The summed E-state index contributed by atoms with van der Waals surface area (Å²) in [6.45, 7) is 0.260. The van der Waals surface area contributed by atoms with Crippen molar-refractivity contribution in [3.63, 3.8) is 0 Å². The van der Waals surface area contributed by atoms with E-state index in [0.29, 0.717) is 13.0 Å². The van der Waals surface area contributed by atoms with E-state index in [9.17, 15) is 14.4 Å². The van der Waals surface area contributed by atoms with Crippen molar-refractivity contribution in [2.45, 2.75) is 12.8 Å². The van der Waals surface area contributed by atoms with Crippen molar-refractivity contribution in [1.29, 1.82) is 0 Å². The Labute approximate surface area is 74.1 Å². The van der Waals surface area contributed by atoms with E-state index < -0.39 is 11.9 Å². The molecule has 0 atom stereocenters. The van der Waals surface area contributed by atoms with Gasteiger partial charge in [-0.25, -0.2) is 9.59 Å². The lowest BCUT2D eigenvalue weighted by Crippen LogP contribution is -2.30. The molecule has 0 saturated carbocycles. The zero-order valence-electron chi connectivity index (χ0n) is 6.86. The van der Waals surface area contributed by atoms with Crippen molar-refractivity contribution in [3.05, 3.63) is 0 Å². The summed E-state index contributed by atoms with van der Waals surface area (Å²) in [6.07, 6.45) is 1.16. The lowest BCUT2D eigenvalue weighted by molar-refractivity contribution is -0.167. The molecule has 0 unspecified atom stereocenters. The molecule has 1 heterocycles. The number of nitrogens with zero attached hydrogens (tertiary/aromatic N) is 1. The number of rotatable bonds is 2. The fourth-order valence-electron chi connectivity index (χ4n) is 1.04. The molecule has 6 nitrogen and oxygen atoms in total. The third kappa shape index (κ3) is 2.43. The topological polar surface area (TPSA) is 83.9 Å². The first-order chi connectivity index (χ1) is 6.11. The van der Waals surface area contributed by atoms with Crippen molar-refractivity contribution in [3.8, 4) is 0 Å². The molecule has 0 radical (unpaired) electrons. The molecular formula is C7H9NO5. The highest BCUT2D eigenvalue weighted by Crippen LogP contribution is 2.08. The second-order valence-electron chi connectivity index (χ2n) is 2.63. The maximum Gasteiger partial charge on any atom is 0.419 e. The quantitative estimate of drug-likeness (QED) is 0.451. The van der Waals surface area contributed by atoms with Crippen LogP contribution in [0.3, 0.4) is 0 Å². The molecule has 0 aromatic heterocycles. The minimum absolute atomic E-state index is 0.113. The number of carbonyl (C=O) groups is 3. The van der Waals surface area contributed by atoms with Gasteiger partial charge in [0.2, 0.25) is 5.91 Å². The lowest BCUT2D eigenvalue weighted by atomic mass is 10.4. The molecule has 6 heteroatoms. The van der Waals surface area contributed by atoms with Crippen molar-refractivity contribution in [2.24, 2.45) is 0 Å². The lowest BCUT2D eigenvalue weighted by Gasteiger charge is -2.13. The van der Waals surface area contributed by atoms with E-state index >= 15 is 0 Å². The minimum Gasteiger partial charge on any atom is -0.473 e. The van der Waals surface area contributed by atoms with Crippen LogP contribution in [0, 0.1) is 0 Å². The molecule has 13 heavy (non-hydrogen) atoms. The number of carboxylic acids is 1. The zero-order valence-corrected chi connectivity index (χ0v) is 6.86. The van der Waals surface area contributed by atoms with Crippen LogP contribution in [0.5, 0.6) is 0 Å². The number of ether oxygens (including phenoxy) is 1. The summed E-state index contributed by atoms with van der Waals surface area (Å²) in [5.74, 6) is -3.09. The smallest absolute Gasteiger partial charge is 0.419 e. The molecule has 0 spiro atoms. The normalized spacial score (nSPS) is 16.0. The Morgan fingerprint density at radius 2 is 2.23 bits per heavy atom. The summed E-state index contributed by atoms with van der Waals surface area (Å²) in [5.41, 5.74) is 0. The fraction of sp³-hybridized carbons (Fsp3) is 0.571. The van der Waals surface area contributed by atoms with Crippen LogP contribution in [0.1, 0.15) is 12.8 Å². The molecule has 72 valence electrons. The molecule has 1 amide bonds. The number of carbonyl (C=O) groups excluding carboxylic acids is 2. The summed E-state index contributed by atoms with van der Waals surface area (Å²) in [6, 6.07) is 0. The summed E-state index contributed by atoms with van der Waals surface area (Å²) in [4.78, 5) is 32.7. The van der Waals surface area contributed by atoms with Gasteiger partial charge in [0.1, 0.15) is 0 Å². The third-order valence-corrected chi connectivity index (χ3v) is 1.70. The number of aliphatic carboxylic acids is 1. The van der Waals surface area contributed by atoms with E-state index in [0.717, 1.165) is 6.42 Å². The van der Waals surface area contributed by atoms with Crippen LogP contribution in [-0.4, -0.2) is 41.1 Å². The molecular weight excluding hydrogens is 178 g/mol. The average molecular weight is 187 g/mol. The maximum absolute atomic E-state index is 10.9. The monoisotopic (exact) mass is 187 g/mol. The minimum atomic E-state index is -1.65. The van der Waals surface area contributed by atoms with Gasteiger partial charge in [-0.15, -0.1) is 0 Å². The van der Waals surface area contributed by atoms with Gasteiger partial charge in [-0.3, -0.25) is 4.79 Å². The van der Waals surface area contributed by atoms with Gasteiger partial charge >= 0.3 is 11.9 Å². The van der Waals surface area contributed by atoms with Crippen molar-refractivity contribution < 1.29 is 24.2 Å². The average Bonchev–Trinajstić information content (AvgIpc) is 2.47. The van der Waals surface area contributed by atoms with Gasteiger partial charge in [0.25, 0.3) is 0 Å². The van der Waals surface area contributed by atoms with Crippen LogP contribution >= 0.6 is 0 Å². The van der Waals surface area contributed by atoms with Crippen molar-refractivity contribution in [2.75, 3.05) is 13.3 Å². The van der Waals surface area contributed by atoms with E-state index in [1.54, 1.807) is 0 Å². The zero-order chi connectivity index (χ0) is 9.84. The van der Waals surface area contributed by atoms with Gasteiger partial charge in [-0.1, -0.05) is 0 Å². The molecule has 1 aliphatic rings. The molecule has 1 N–H and O–H groups in total. The Bertz CT molecular complexity index is 249. The van der Waals surface area contributed by atoms with Crippen LogP contribution in [0.25, 0.3) is 0 Å². The van der Waals surface area contributed by atoms with Gasteiger partial charge in [0.15, 0.2) is 6.73 Å². The van der Waals surface area contributed by atoms with E-state index in [-0.39, 0.29) is 12.6 Å². The predicted octanol–water partition coefficient (Wildman–Crippen LogP) is -0.806. The largest absolute Gasteiger partial charge is 0.473 e. The van der Waals surface area contributed by atoms with E-state index in [2.05, 4.69) is 4.74 Å². The highest BCUT2D eigenvalue weighted by atomic mass is 16.6. The Kier molecular flexibility index (Phi) is 2.84. The molecule has 1 saturated heterocycles. The van der Waals surface area contributed by atoms with Gasteiger partial charge in [0.05, 0.1) is 0 Å². The second kappa shape index (κ2) is 3.88. The molecule has 0 aliphatic carbocycles. The fourth-order valence-corrected chi connectivity index (χ4v) is 1.04. The van der Waals surface area contributed by atoms with Crippen LogP contribution in [0.15, 0.2) is 0 Å². The number of likely N-dealkylation sites (tertiary alicyclic amines) is 1. The van der Waals surface area contributed by atoms with Crippen molar-refractivity contribution in [1.82, 2.24) is 4.90 Å². The second-order valence-corrected chi connectivity index (χ2v) is 2.63. The SMILES string of the molecule is O=C(O)C(=O)OCN1CCCC1=O. The van der Waals surface area contributed by atoms with Crippen LogP contribution in [-0.2, 0) is 19.1 Å². The summed E-state index contributed by atoms with van der Waals surface area (Å²) in [5, 5.41) is 8.14. The summed E-state index contributed by atoms with van der Waals surface area (Å²) >= 11 is 0. The van der Waals surface area contributed by atoms with E-state index in [4.69, 9.17) is 5.11 Å². The highest BCUT2D eigenvalue weighted by molar-refractivity contribution is 6.28. The van der Waals surface area contributed by atoms with Crippen molar-refractivity contribution >= 4 is 17.8 Å². The number of amides is 1. The molecule has 1 aliphatic heterocycles. The first-order valence-corrected chi connectivity index (χ1v) is 3.79.